The third-order valence-corrected chi connectivity index (χ3v) is 5.07. The van der Waals surface area contributed by atoms with Crippen LogP contribution in [0.2, 0.25) is 0 Å². The summed E-state index contributed by atoms with van der Waals surface area (Å²) in [6.45, 7) is 6.62. The van der Waals surface area contributed by atoms with Crippen molar-refractivity contribution in [2.75, 3.05) is 6.54 Å². The van der Waals surface area contributed by atoms with Crippen LogP contribution in [0.1, 0.15) is 52.1 Å². The van der Waals surface area contributed by atoms with Gasteiger partial charge in [-0.15, -0.1) is 0 Å². The SMILES string of the molecule is C[C@H](CCc1cccn1C)NC(=O)N[C@H](C)C(=O)N1CCCC[C@@H]1C. The molecule has 3 amide bonds. The van der Waals surface area contributed by atoms with Gasteiger partial charge in [-0.25, -0.2) is 4.79 Å². The molecule has 0 unspecified atom stereocenters. The largest absolute Gasteiger partial charge is 0.354 e. The molecule has 2 N–H and O–H groups in total. The Morgan fingerprint density at radius 2 is 2.04 bits per heavy atom. The molecular weight excluding hydrogens is 316 g/mol. The number of hydrogen-bond donors (Lipinski definition) is 2. The summed E-state index contributed by atoms with van der Waals surface area (Å²) in [5, 5.41) is 5.72. The maximum Gasteiger partial charge on any atom is 0.315 e. The van der Waals surface area contributed by atoms with E-state index in [1.54, 1.807) is 6.92 Å². The van der Waals surface area contributed by atoms with Gasteiger partial charge in [0.1, 0.15) is 6.04 Å². The Morgan fingerprint density at radius 3 is 2.68 bits per heavy atom. The first-order valence-corrected chi connectivity index (χ1v) is 9.36. The second-order valence-electron chi connectivity index (χ2n) is 7.27. The van der Waals surface area contributed by atoms with E-state index in [-0.39, 0.29) is 24.0 Å². The number of hydrogen-bond acceptors (Lipinski definition) is 2. The van der Waals surface area contributed by atoms with Crippen LogP contribution in [0.3, 0.4) is 0 Å². The van der Waals surface area contributed by atoms with E-state index in [9.17, 15) is 9.59 Å². The van der Waals surface area contributed by atoms with Crippen LogP contribution in [0.15, 0.2) is 18.3 Å². The van der Waals surface area contributed by atoms with Gasteiger partial charge >= 0.3 is 6.03 Å². The topological polar surface area (TPSA) is 66.4 Å². The summed E-state index contributed by atoms with van der Waals surface area (Å²) < 4.78 is 2.09. The molecule has 25 heavy (non-hydrogen) atoms. The van der Waals surface area contributed by atoms with Crippen LogP contribution in [0.4, 0.5) is 4.79 Å². The van der Waals surface area contributed by atoms with Gasteiger partial charge in [-0.3, -0.25) is 4.79 Å². The molecule has 0 spiro atoms. The first-order chi connectivity index (χ1) is 11.9. The third kappa shape index (κ3) is 5.51. The van der Waals surface area contributed by atoms with Crippen molar-refractivity contribution in [1.29, 1.82) is 0 Å². The highest BCUT2D eigenvalue weighted by molar-refractivity contribution is 5.87. The molecule has 1 aliphatic heterocycles. The first-order valence-electron chi connectivity index (χ1n) is 9.36. The number of carbonyl (C=O) groups is 2. The van der Waals surface area contributed by atoms with Crippen LogP contribution >= 0.6 is 0 Å². The van der Waals surface area contributed by atoms with Crippen molar-refractivity contribution < 1.29 is 9.59 Å². The van der Waals surface area contributed by atoms with E-state index >= 15 is 0 Å². The minimum Gasteiger partial charge on any atom is -0.354 e. The molecule has 140 valence electrons. The van der Waals surface area contributed by atoms with Crippen molar-refractivity contribution in [3.05, 3.63) is 24.0 Å². The highest BCUT2D eigenvalue weighted by Crippen LogP contribution is 2.17. The van der Waals surface area contributed by atoms with E-state index < -0.39 is 6.04 Å². The van der Waals surface area contributed by atoms with E-state index in [2.05, 4.69) is 28.2 Å². The second kappa shape index (κ2) is 8.92. The molecule has 1 aromatic rings. The van der Waals surface area contributed by atoms with Gasteiger partial charge in [0.2, 0.25) is 5.91 Å². The number of nitrogens with one attached hydrogen (secondary N) is 2. The van der Waals surface area contributed by atoms with E-state index in [0.717, 1.165) is 32.2 Å². The van der Waals surface area contributed by atoms with Crippen molar-refractivity contribution in [2.24, 2.45) is 7.05 Å². The quantitative estimate of drug-likeness (QED) is 0.829. The molecule has 3 atom stereocenters. The van der Waals surface area contributed by atoms with Crippen molar-refractivity contribution in [1.82, 2.24) is 20.1 Å². The molecule has 0 saturated carbocycles. The van der Waals surface area contributed by atoms with Gasteiger partial charge in [0.15, 0.2) is 0 Å². The third-order valence-electron chi connectivity index (χ3n) is 5.07. The Hall–Kier alpha value is -1.98. The van der Waals surface area contributed by atoms with Crippen LogP contribution in [0.5, 0.6) is 0 Å². The maximum atomic E-state index is 12.5. The second-order valence-corrected chi connectivity index (χ2v) is 7.27. The number of aromatic nitrogens is 1. The lowest BCUT2D eigenvalue weighted by molar-refractivity contribution is -0.136. The van der Waals surface area contributed by atoms with Gasteiger partial charge in [0.05, 0.1) is 0 Å². The Morgan fingerprint density at radius 1 is 1.28 bits per heavy atom. The average Bonchev–Trinajstić information content (AvgIpc) is 2.97. The van der Waals surface area contributed by atoms with E-state index in [4.69, 9.17) is 0 Å². The normalized spacial score (nSPS) is 20.0. The lowest BCUT2D eigenvalue weighted by atomic mass is 10.0. The molecule has 1 saturated heterocycles. The van der Waals surface area contributed by atoms with Crippen LogP contribution < -0.4 is 10.6 Å². The highest BCUT2D eigenvalue weighted by atomic mass is 16.2. The molecule has 1 fully saturated rings. The Kier molecular flexibility index (Phi) is 6.91. The van der Waals surface area contributed by atoms with Crippen molar-refractivity contribution in [3.8, 4) is 0 Å². The molecular formula is C19H32N4O2. The predicted molar refractivity (Wildman–Crippen MR) is 99.4 cm³/mol. The van der Waals surface area contributed by atoms with Gasteiger partial charge in [-0.05, 0) is 65.0 Å². The minimum absolute atomic E-state index is 0.0128. The summed E-state index contributed by atoms with van der Waals surface area (Å²) in [5.41, 5.74) is 1.25. The number of likely N-dealkylation sites (tertiary alicyclic amines) is 1. The number of nitrogens with zero attached hydrogens (tertiary/aromatic N) is 2. The molecule has 0 bridgehead atoms. The van der Waals surface area contributed by atoms with Crippen LogP contribution in [-0.4, -0.2) is 46.1 Å². The summed E-state index contributed by atoms with van der Waals surface area (Å²) in [7, 11) is 2.02. The molecule has 6 nitrogen and oxygen atoms in total. The molecule has 1 aliphatic rings. The molecule has 2 heterocycles. The lowest BCUT2D eigenvalue weighted by Gasteiger charge is -2.35. The fraction of sp³-hybridized carbons (Fsp3) is 0.684. The van der Waals surface area contributed by atoms with Crippen LogP contribution in [0, 0.1) is 0 Å². The van der Waals surface area contributed by atoms with Gasteiger partial charge in [0.25, 0.3) is 0 Å². The van der Waals surface area contributed by atoms with Crippen molar-refractivity contribution in [3.63, 3.8) is 0 Å². The summed E-state index contributed by atoms with van der Waals surface area (Å²) in [6.07, 6.45) is 7.05. The summed E-state index contributed by atoms with van der Waals surface area (Å²) in [4.78, 5) is 26.6. The zero-order valence-electron chi connectivity index (χ0n) is 15.9. The monoisotopic (exact) mass is 348 g/mol. The van der Waals surface area contributed by atoms with Gasteiger partial charge < -0.3 is 20.1 Å². The summed E-state index contributed by atoms with van der Waals surface area (Å²) in [5.74, 6) is 0.0128. The molecule has 2 rings (SSSR count). The summed E-state index contributed by atoms with van der Waals surface area (Å²) >= 11 is 0. The number of urea groups is 1. The maximum absolute atomic E-state index is 12.5. The summed E-state index contributed by atoms with van der Waals surface area (Å²) in [6, 6.07) is 3.65. The molecule has 0 aromatic carbocycles. The Bertz CT molecular complexity index is 584. The smallest absolute Gasteiger partial charge is 0.315 e. The van der Waals surface area contributed by atoms with Gasteiger partial charge in [-0.2, -0.15) is 0 Å². The molecule has 0 radical (unpaired) electrons. The van der Waals surface area contributed by atoms with Gasteiger partial charge in [-0.1, -0.05) is 0 Å². The fourth-order valence-electron chi connectivity index (χ4n) is 3.39. The van der Waals surface area contributed by atoms with E-state index in [1.807, 2.05) is 31.1 Å². The number of amides is 3. The fourth-order valence-corrected chi connectivity index (χ4v) is 3.39. The molecule has 6 heteroatoms. The minimum atomic E-state index is -0.499. The standard InChI is InChI=1S/C19H32N4O2/c1-14(10-11-17-9-7-12-22(17)4)20-19(25)21-16(3)18(24)23-13-6-5-8-15(23)2/h7,9,12,14-16H,5-6,8,10-11,13H2,1-4H3,(H2,20,21,25)/t14-,15+,16-/m1/s1. The lowest BCUT2D eigenvalue weighted by Crippen LogP contribution is -2.54. The first kappa shape index (κ1) is 19.3. The number of carbonyl (C=O) groups excluding carboxylic acids is 2. The van der Waals surface area contributed by atoms with E-state index in [0.29, 0.717) is 0 Å². The van der Waals surface area contributed by atoms with Crippen LogP contribution in [-0.2, 0) is 18.3 Å². The number of rotatable bonds is 6. The Balaban J connectivity index is 1.74. The predicted octanol–water partition coefficient (Wildman–Crippen LogP) is 2.43. The Labute approximate surface area is 151 Å². The molecule has 1 aromatic heterocycles. The molecule has 0 aliphatic carbocycles. The van der Waals surface area contributed by atoms with E-state index in [1.165, 1.54) is 12.1 Å². The zero-order chi connectivity index (χ0) is 18.4. The van der Waals surface area contributed by atoms with Crippen molar-refractivity contribution in [2.45, 2.75) is 71.0 Å². The zero-order valence-corrected chi connectivity index (χ0v) is 15.9. The number of piperidine rings is 1. The van der Waals surface area contributed by atoms with Crippen molar-refractivity contribution >= 4 is 11.9 Å². The highest BCUT2D eigenvalue weighted by Gasteiger charge is 2.27. The average molecular weight is 348 g/mol. The number of aryl methyl sites for hydroxylation is 2. The van der Waals surface area contributed by atoms with Crippen LogP contribution in [0.25, 0.3) is 0 Å². The van der Waals surface area contributed by atoms with Gasteiger partial charge in [0, 0.05) is 37.6 Å².